The Morgan fingerprint density at radius 3 is 2.57 bits per heavy atom. The largest absolute Gasteiger partial charge is 0.444 e. The second kappa shape index (κ2) is 15.4. The average Bonchev–Trinajstić information content (AvgIpc) is 3.66. The highest BCUT2D eigenvalue weighted by atomic mass is 28.3. The number of imidazole rings is 1. The number of rotatable bonds is 12. The number of hydrogen-bond acceptors (Lipinski definition) is 7. The molecule has 2 aromatic carbocycles. The fourth-order valence-electron chi connectivity index (χ4n) is 5.62. The van der Waals surface area contributed by atoms with Crippen LogP contribution in [0.15, 0.2) is 67.1 Å². The molecule has 0 radical (unpaired) electrons. The van der Waals surface area contributed by atoms with E-state index in [2.05, 4.69) is 35.4 Å². The van der Waals surface area contributed by atoms with Gasteiger partial charge in [-0.1, -0.05) is 56.0 Å². The number of nitrogens with one attached hydrogen (secondary N) is 2. The number of amides is 2. The van der Waals surface area contributed by atoms with Crippen molar-refractivity contribution < 1.29 is 23.5 Å². The first-order valence-corrected chi connectivity index (χ1v) is 20.5. The summed E-state index contributed by atoms with van der Waals surface area (Å²) in [7, 11) is -1.32. The zero-order valence-corrected chi connectivity index (χ0v) is 30.3. The molecule has 2 aromatic heterocycles. The quantitative estimate of drug-likeness (QED) is 0.122. The number of benzene rings is 2. The van der Waals surface area contributed by atoms with Gasteiger partial charge in [-0.15, -0.1) is 0 Å². The van der Waals surface area contributed by atoms with Crippen LogP contribution in [0.3, 0.4) is 0 Å². The summed E-state index contributed by atoms with van der Waals surface area (Å²) in [6.07, 6.45) is 6.36. The van der Waals surface area contributed by atoms with E-state index in [1.54, 1.807) is 49.9 Å². The molecule has 0 saturated carbocycles. The van der Waals surface area contributed by atoms with E-state index in [0.717, 1.165) is 30.0 Å². The molecule has 262 valence electrons. The summed E-state index contributed by atoms with van der Waals surface area (Å²) < 4.78 is 30.5. The summed E-state index contributed by atoms with van der Waals surface area (Å²) in [6, 6.07) is 15.4. The number of carbonyl (C=O) groups excluding carboxylic acids is 2. The molecule has 1 aliphatic rings. The number of aromatic nitrogens is 4. The van der Waals surface area contributed by atoms with Gasteiger partial charge in [0.2, 0.25) is 5.82 Å². The van der Waals surface area contributed by atoms with Gasteiger partial charge in [0.1, 0.15) is 18.1 Å². The lowest BCUT2D eigenvalue weighted by Gasteiger charge is -2.36. The van der Waals surface area contributed by atoms with Crippen molar-refractivity contribution in [2.24, 2.45) is 0 Å². The van der Waals surface area contributed by atoms with E-state index in [4.69, 9.17) is 14.5 Å². The molecular formula is C36H48FN7O4Si. The number of hydrogen-bond donors (Lipinski definition) is 2. The molecule has 1 fully saturated rings. The van der Waals surface area contributed by atoms with Crippen LogP contribution in [0.2, 0.25) is 25.7 Å². The lowest BCUT2D eigenvalue weighted by molar-refractivity contribution is 0.0500. The summed E-state index contributed by atoms with van der Waals surface area (Å²) in [5, 5.41) is 10.3. The molecular weight excluding hydrogens is 642 g/mol. The van der Waals surface area contributed by atoms with Crippen molar-refractivity contribution in [2.75, 3.05) is 29.9 Å². The maximum atomic E-state index is 15.5. The van der Waals surface area contributed by atoms with Crippen molar-refractivity contribution in [3.63, 3.8) is 0 Å². The number of halogens is 1. The van der Waals surface area contributed by atoms with Crippen LogP contribution in [0, 0.1) is 5.82 Å². The highest BCUT2D eigenvalue weighted by Crippen LogP contribution is 2.32. The van der Waals surface area contributed by atoms with Crippen LogP contribution in [-0.2, 0) is 22.7 Å². The maximum Gasteiger partial charge on any atom is 0.407 e. The Kier molecular flexibility index (Phi) is 11.2. The fourth-order valence-corrected chi connectivity index (χ4v) is 6.37. The number of para-hydroxylation sites is 1. The van der Waals surface area contributed by atoms with Gasteiger partial charge < -0.3 is 29.6 Å². The Morgan fingerprint density at radius 1 is 1.06 bits per heavy atom. The second-order valence-electron chi connectivity index (χ2n) is 14.7. The zero-order valence-electron chi connectivity index (χ0n) is 29.3. The number of nitrogens with zero attached hydrogens (tertiary/aromatic N) is 5. The number of carbonyl (C=O) groups is 2. The summed E-state index contributed by atoms with van der Waals surface area (Å²) in [6.45, 7) is 14.5. The molecule has 13 heteroatoms. The van der Waals surface area contributed by atoms with E-state index in [-0.39, 0.29) is 24.3 Å². The molecule has 2 N–H and O–H groups in total. The third kappa shape index (κ3) is 10.3. The average molecular weight is 690 g/mol. The van der Waals surface area contributed by atoms with Crippen LogP contribution < -0.4 is 15.5 Å². The molecule has 1 atom stereocenters. The molecule has 1 aliphatic heterocycles. The summed E-state index contributed by atoms with van der Waals surface area (Å²) in [5.74, 6) is -0.832. The van der Waals surface area contributed by atoms with Gasteiger partial charge in [-0.05, 0) is 57.4 Å². The molecule has 49 heavy (non-hydrogen) atoms. The topological polar surface area (TPSA) is 116 Å². The summed E-state index contributed by atoms with van der Waals surface area (Å²) >= 11 is 0. The molecule has 5 rings (SSSR count). The SMILES string of the molecule is CC(C)(C)OC(=O)NC1CCCN(c2c(F)cccc2NC(=O)c2nc(-c3cnn(Cc4ccccc4)c3)cn2COCC[Si](C)(C)C)C1. The van der Waals surface area contributed by atoms with Gasteiger partial charge in [0.25, 0.3) is 5.91 Å². The second-order valence-corrected chi connectivity index (χ2v) is 20.3. The fraction of sp³-hybridized carbons (Fsp3) is 0.444. The van der Waals surface area contributed by atoms with Crippen molar-refractivity contribution in [3.05, 3.63) is 84.3 Å². The Morgan fingerprint density at radius 2 is 1.84 bits per heavy atom. The molecule has 1 unspecified atom stereocenters. The molecule has 0 aliphatic carbocycles. The molecule has 1 saturated heterocycles. The Bertz CT molecular complexity index is 1730. The van der Waals surface area contributed by atoms with Crippen LogP contribution in [0.1, 0.15) is 49.8 Å². The molecule has 4 aromatic rings. The van der Waals surface area contributed by atoms with Crippen LogP contribution in [-0.4, -0.2) is 70.7 Å². The monoisotopic (exact) mass is 689 g/mol. The smallest absolute Gasteiger partial charge is 0.407 e. The summed E-state index contributed by atoms with van der Waals surface area (Å²) in [5.41, 5.74) is 2.39. The van der Waals surface area contributed by atoms with Crippen molar-refractivity contribution in [1.82, 2.24) is 24.6 Å². The molecule has 0 spiro atoms. The number of alkyl carbamates (subject to hydrolysis) is 1. The Hall–Kier alpha value is -4.49. The van der Waals surface area contributed by atoms with Crippen LogP contribution in [0.4, 0.5) is 20.6 Å². The lowest BCUT2D eigenvalue weighted by atomic mass is 10.0. The predicted octanol–water partition coefficient (Wildman–Crippen LogP) is 6.99. The number of ether oxygens (including phenoxy) is 2. The normalized spacial score (nSPS) is 15.2. The van der Waals surface area contributed by atoms with E-state index < -0.39 is 31.5 Å². The Balaban J connectivity index is 1.36. The maximum absolute atomic E-state index is 15.5. The van der Waals surface area contributed by atoms with Crippen molar-refractivity contribution in [1.29, 1.82) is 0 Å². The molecule has 0 bridgehead atoms. The van der Waals surface area contributed by atoms with Gasteiger partial charge >= 0.3 is 6.09 Å². The van der Waals surface area contributed by atoms with Gasteiger partial charge in [0.15, 0.2) is 0 Å². The van der Waals surface area contributed by atoms with E-state index in [0.29, 0.717) is 37.6 Å². The number of piperidine rings is 1. The van der Waals surface area contributed by atoms with Gasteiger partial charge in [-0.2, -0.15) is 5.10 Å². The van der Waals surface area contributed by atoms with E-state index in [1.807, 2.05) is 46.1 Å². The van der Waals surface area contributed by atoms with Crippen LogP contribution >= 0.6 is 0 Å². The van der Waals surface area contributed by atoms with Gasteiger partial charge in [-0.3, -0.25) is 9.48 Å². The lowest BCUT2D eigenvalue weighted by Crippen LogP contribution is -2.49. The molecule has 2 amide bonds. The first kappa shape index (κ1) is 35.8. The first-order valence-electron chi connectivity index (χ1n) is 16.8. The Labute approximate surface area is 288 Å². The standard InChI is InChI=1S/C36H48FN7O4Si/c1-36(2,3)48-35(46)39-28-14-11-17-42(23-28)32-29(37)15-10-16-30(32)41-34(45)33-40-31(24-43(33)25-47-18-19-49(4,5)6)27-20-38-44(22-27)21-26-12-8-7-9-13-26/h7-10,12-13,15-16,20,22,24,28H,11,14,17-19,21,23,25H2,1-6H3,(H,39,46)(H,41,45). The predicted molar refractivity (Wildman–Crippen MR) is 192 cm³/mol. The zero-order chi connectivity index (χ0) is 35.2. The minimum atomic E-state index is -1.32. The van der Waals surface area contributed by atoms with E-state index in [9.17, 15) is 9.59 Å². The minimum Gasteiger partial charge on any atom is -0.444 e. The molecule has 11 nitrogen and oxygen atoms in total. The number of anilines is 2. The first-order chi connectivity index (χ1) is 23.2. The van der Waals surface area contributed by atoms with Crippen molar-refractivity contribution in [3.8, 4) is 11.3 Å². The van der Waals surface area contributed by atoms with Crippen molar-refractivity contribution in [2.45, 2.75) is 84.2 Å². The van der Waals surface area contributed by atoms with Crippen LogP contribution in [0.5, 0.6) is 0 Å². The van der Waals surface area contributed by atoms with Crippen molar-refractivity contribution >= 4 is 31.4 Å². The minimum absolute atomic E-state index is 0.136. The third-order valence-electron chi connectivity index (χ3n) is 8.02. The third-order valence-corrected chi connectivity index (χ3v) is 9.72. The summed E-state index contributed by atoms with van der Waals surface area (Å²) in [4.78, 5) is 33.0. The highest BCUT2D eigenvalue weighted by molar-refractivity contribution is 6.76. The van der Waals surface area contributed by atoms with E-state index in [1.165, 1.54) is 6.07 Å². The van der Waals surface area contributed by atoms with Gasteiger partial charge in [0, 0.05) is 51.8 Å². The highest BCUT2D eigenvalue weighted by Gasteiger charge is 2.28. The van der Waals surface area contributed by atoms with Gasteiger partial charge in [0.05, 0.1) is 29.8 Å². The van der Waals surface area contributed by atoms with E-state index >= 15 is 4.39 Å². The van der Waals surface area contributed by atoms with Gasteiger partial charge in [-0.25, -0.2) is 14.2 Å². The van der Waals surface area contributed by atoms with Crippen LogP contribution in [0.25, 0.3) is 11.3 Å². The molecule has 3 heterocycles.